The van der Waals surface area contributed by atoms with Crippen LogP contribution in [0.15, 0.2) is 57.9 Å². The van der Waals surface area contributed by atoms with Gasteiger partial charge in [-0.05, 0) is 55.8 Å². The molecule has 0 spiro atoms. The standard InChI is InChI=1S/C21H22FN3O5S/c1-14(2)29-17-7-3-15(4-8-17)13-23-20(26)21-24-19(25-30-21)11-12-31(27,28)18-9-5-16(22)6-10-18/h3-10,14H,11-13H2,1-2H3,(H,23,26). The van der Waals surface area contributed by atoms with E-state index in [4.69, 9.17) is 9.26 Å². The van der Waals surface area contributed by atoms with E-state index in [1.807, 2.05) is 38.1 Å². The second-order valence-corrected chi connectivity index (χ2v) is 9.14. The van der Waals surface area contributed by atoms with Gasteiger partial charge in [-0.1, -0.05) is 17.3 Å². The van der Waals surface area contributed by atoms with Gasteiger partial charge in [0, 0.05) is 13.0 Å². The first-order valence-electron chi connectivity index (χ1n) is 9.57. The van der Waals surface area contributed by atoms with Gasteiger partial charge in [-0.3, -0.25) is 4.79 Å². The molecule has 2 aromatic carbocycles. The third-order valence-electron chi connectivity index (χ3n) is 4.18. The molecule has 0 unspecified atom stereocenters. The molecule has 0 aliphatic carbocycles. The lowest BCUT2D eigenvalue weighted by molar-refractivity contribution is 0.0907. The minimum Gasteiger partial charge on any atom is -0.491 e. The highest BCUT2D eigenvalue weighted by Gasteiger charge is 2.19. The number of benzene rings is 2. The highest BCUT2D eigenvalue weighted by molar-refractivity contribution is 7.91. The maximum atomic E-state index is 13.0. The predicted octanol–water partition coefficient (Wildman–Crippen LogP) is 2.94. The Hall–Kier alpha value is -3.27. The van der Waals surface area contributed by atoms with E-state index in [1.165, 1.54) is 12.1 Å². The summed E-state index contributed by atoms with van der Waals surface area (Å²) in [6, 6.07) is 11.8. The van der Waals surface area contributed by atoms with Crippen molar-refractivity contribution in [3.8, 4) is 5.75 Å². The molecule has 0 radical (unpaired) electrons. The number of rotatable bonds is 9. The average Bonchev–Trinajstić information content (AvgIpc) is 3.21. The molecule has 3 aromatic rings. The fraction of sp³-hybridized carbons (Fsp3) is 0.286. The quantitative estimate of drug-likeness (QED) is 0.502. The Morgan fingerprint density at radius 1 is 1.13 bits per heavy atom. The van der Waals surface area contributed by atoms with Crippen LogP contribution in [0.2, 0.25) is 0 Å². The number of carbonyl (C=O) groups excluding carboxylic acids is 1. The van der Waals surface area contributed by atoms with Crippen molar-refractivity contribution in [2.45, 2.75) is 37.8 Å². The summed E-state index contributed by atoms with van der Waals surface area (Å²) >= 11 is 0. The number of aromatic nitrogens is 2. The van der Waals surface area contributed by atoms with Crippen molar-refractivity contribution in [3.05, 3.63) is 71.6 Å². The van der Waals surface area contributed by atoms with Crippen molar-refractivity contribution in [2.75, 3.05) is 5.75 Å². The normalized spacial score (nSPS) is 11.5. The molecule has 1 amide bonds. The molecule has 1 heterocycles. The van der Waals surface area contributed by atoms with Gasteiger partial charge >= 0.3 is 11.8 Å². The predicted molar refractivity (Wildman–Crippen MR) is 110 cm³/mol. The van der Waals surface area contributed by atoms with Crippen molar-refractivity contribution in [1.82, 2.24) is 15.5 Å². The van der Waals surface area contributed by atoms with Crippen LogP contribution in [0, 0.1) is 5.82 Å². The highest BCUT2D eigenvalue weighted by atomic mass is 32.2. The molecule has 0 aliphatic rings. The molecule has 3 rings (SSSR count). The first-order valence-corrected chi connectivity index (χ1v) is 11.2. The number of sulfone groups is 1. The third-order valence-corrected chi connectivity index (χ3v) is 5.91. The van der Waals surface area contributed by atoms with Gasteiger partial charge in [0.2, 0.25) is 0 Å². The Balaban J connectivity index is 1.52. The first kappa shape index (κ1) is 22.4. The van der Waals surface area contributed by atoms with E-state index in [-0.39, 0.29) is 41.4 Å². The van der Waals surface area contributed by atoms with Gasteiger partial charge < -0.3 is 14.6 Å². The van der Waals surface area contributed by atoms with Crippen molar-refractivity contribution in [1.29, 1.82) is 0 Å². The molecular weight excluding hydrogens is 425 g/mol. The summed E-state index contributed by atoms with van der Waals surface area (Å²) in [5.41, 5.74) is 0.856. The van der Waals surface area contributed by atoms with Crippen molar-refractivity contribution >= 4 is 15.7 Å². The van der Waals surface area contributed by atoms with Crippen LogP contribution in [0.5, 0.6) is 5.75 Å². The fourth-order valence-electron chi connectivity index (χ4n) is 2.65. The zero-order valence-electron chi connectivity index (χ0n) is 17.0. The van der Waals surface area contributed by atoms with Crippen LogP contribution in [-0.4, -0.2) is 36.3 Å². The van der Waals surface area contributed by atoms with Gasteiger partial charge in [0.1, 0.15) is 11.6 Å². The fourth-order valence-corrected chi connectivity index (χ4v) is 3.89. The summed E-state index contributed by atoms with van der Waals surface area (Å²) in [4.78, 5) is 16.2. The Kier molecular flexibility index (Phi) is 7.01. The molecule has 1 aromatic heterocycles. The van der Waals surface area contributed by atoms with E-state index < -0.39 is 21.6 Å². The minimum absolute atomic E-state index is 0.000161. The molecule has 10 heteroatoms. The molecular formula is C21H22FN3O5S. The number of carbonyl (C=O) groups is 1. The van der Waals surface area contributed by atoms with Crippen LogP contribution in [0.4, 0.5) is 4.39 Å². The van der Waals surface area contributed by atoms with Crippen molar-refractivity contribution in [2.24, 2.45) is 0 Å². The minimum atomic E-state index is -3.64. The Morgan fingerprint density at radius 2 is 1.81 bits per heavy atom. The Labute approximate surface area is 179 Å². The summed E-state index contributed by atoms with van der Waals surface area (Å²) in [6.07, 6.45) is 0.0244. The number of amides is 1. The van der Waals surface area contributed by atoms with Crippen LogP contribution in [-0.2, 0) is 22.8 Å². The van der Waals surface area contributed by atoms with Gasteiger partial charge in [-0.2, -0.15) is 4.98 Å². The molecule has 0 saturated heterocycles. The maximum Gasteiger partial charge on any atom is 0.315 e. The molecule has 164 valence electrons. The lowest BCUT2D eigenvalue weighted by atomic mass is 10.2. The zero-order chi connectivity index (χ0) is 22.4. The second-order valence-electron chi connectivity index (χ2n) is 7.03. The van der Waals surface area contributed by atoms with Gasteiger partial charge in [0.05, 0.1) is 16.8 Å². The van der Waals surface area contributed by atoms with Crippen LogP contribution in [0.3, 0.4) is 0 Å². The SMILES string of the molecule is CC(C)Oc1ccc(CNC(=O)c2nc(CCS(=O)(=O)c3ccc(F)cc3)no2)cc1. The second kappa shape index (κ2) is 9.69. The van der Waals surface area contributed by atoms with Gasteiger partial charge in [0.25, 0.3) is 0 Å². The lowest BCUT2D eigenvalue weighted by Crippen LogP contribution is -2.23. The Bertz CT molecular complexity index is 1130. The molecule has 0 bridgehead atoms. The zero-order valence-corrected chi connectivity index (χ0v) is 17.9. The summed E-state index contributed by atoms with van der Waals surface area (Å²) < 4.78 is 48.1. The number of nitrogens with zero attached hydrogens (tertiary/aromatic N) is 2. The number of nitrogens with one attached hydrogen (secondary N) is 1. The average molecular weight is 447 g/mol. The molecule has 0 saturated carbocycles. The van der Waals surface area contributed by atoms with E-state index in [1.54, 1.807) is 0 Å². The van der Waals surface area contributed by atoms with Gasteiger partial charge in [0.15, 0.2) is 15.7 Å². The molecule has 31 heavy (non-hydrogen) atoms. The van der Waals surface area contributed by atoms with Crippen LogP contribution >= 0.6 is 0 Å². The summed E-state index contributed by atoms with van der Waals surface area (Å²) in [5.74, 6) is -0.818. The van der Waals surface area contributed by atoms with E-state index in [2.05, 4.69) is 15.5 Å². The topological polar surface area (TPSA) is 111 Å². The van der Waals surface area contributed by atoms with Gasteiger partial charge in [-0.15, -0.1) is 0 Å². The number of hydrogen-bond donors (Lipinski definition) is 1. The van der Waals surface area contributed by atoms with E-state index in [0.29, 0.717) is 0 Å². The largest absolute Gasteiger partial charge is 0.491 e. The van der Waals surface area contributed by atoms with E-state index >= 15 is 0 Å². The van der Waals surface area contributed by atoms with Crippen LogP contribution < -0.4 is 10.1 Å². The number of ether oxygens (including phenoxy) is 1. The molecule has 1 N–H and O–H groups in total. The highest BCUT2D eigenvalue weighted by Crippen LogP contribution is 2.15. The summed E-state index contributed by atoms with van der Waals surface area (Å²) in [7, 11) is -3.64. The monoisotopic (exact) mass is 447 g/mol. The molecule has 0 aliphatic heterocycles. The number of aryl methyl sites for hydroxylation is 1. The molecule has 0 fully saturated rings. The van der Waals surface area contributed by atoms with Crippen molar-refractivity contribution in [3.63, 3.8) is 0 Å². The van der Waals surface area contributed by atoms with Crippen LogP contribution in [0.1, 0.15) is 35.9 Å². The third kappa shape index (κ3) is 6.35. The summed E-state index contributed by atoms with van der Waals surface area (Å²) in [6.45, 7) is 4.12. The summed E-state index contributed by atoms with van der Waals surface area (Å²) in [5, 5.41) is 6.32. The smallest absolute Gasteiger partial charge is 0.315 e. The first-order chi connectivity index (χ1) is 14.7. The molecule has 0 atom stereocenters. The van der Waals surface area contributed by atoms with E-state index in [0.717, 1.165) is 23.4 Å². The van der Waals surface area contributed by atoms with Gasteiger partial charge in [-0.25, -0.2) is 12.8 Å². The number of halogens is 1. The molecule has 8 nitrogen and oxygen atoms in total. The maximum absolute atomic E-state index is 13.0. The van der Waals surface area contributed by atoms with E-state index in [9.17, 15) is 17.6 Å². The van der Waals surface area contributed by atoms with Crippen molar-refractivity contribution < 1.29 is 26.9 Å². The van der Waals surface area contributed by atoms with Crippen LogP contribution in [0.25, 0.3) is 0 Å². The Morgan fingerprint density at radius 3 is 2.45 bits per heavy atom. The lowest BCUT2D eigenvalue weighted by Gasteiger charge is -2.10. The number of hydrogen-bond acceptors (Lipinski definition) is 7.